The van der Waals surface area contributed by atoms with Gasteiger partial charge in [-0.1, -0.05) is 6.92 Å². The molecule has 21 heavy (non-hydrogen) atoms. The van der Waals surface area contributed by atoms with Crippen LogP contribution in [-0.2, 0) is 11.3 Å². The van der Waals surface area contributed by atoms with Crippen LogP contribution >= 0.6 is 0 Å². The molecule has 0 radical (unpaired) electrons. The van der Waals surface area contributed by atoms with E-state index in [1.165, 1.54) is 0 Å². The van der Waals surface area contributed by atoms with Gasteiger partial charge in [-0.25, -0.2) is 4.68 Å². The molecule has 0 amide bonds. The largest absolute Gasteiger partial charge is 0.481 e. The van der Waals surface area contributed by atoms with E-state index < -0.39 is 16.8 Å². The Kier molecular flexibility index (Phi) is 4.15. The summed E-state index contributed by atoms with van der Waals surface area (Å²) < 4.78 is 1.63. The van der Waals surface area contributed by atoms with Crippen molar-refractivity contribution in [1.29, 1.82) is 0 Å². The zero-order valence-corrected chi connectivity index (χ0v) is 12.4. The molecule has 0 aromatic carbocycles. The van der Waals surface area contributed by atoms with Crippen molar-refractivity contribution in [1.82, 2.24) is 9.78 Å². The second-order valence-corrected chi connectivity index (χ2v) is 5.41. The first-order valence-electron chi connectivity index (χ1n) is 7.09. The fourth-order valence-corrected chi connectivity index (χ4v) is 2.99. The second kappa shape index (κ2) is 5.71. The van der Waals surface area contributed by atoms with Gasteiger partial charge in [-0.2, -0.15) is 5.10 Å². The third-order valence-corrected chi connectivity index (χ3v) is 4.03. The van der Waals surface area contributed by atoms with Crippen LogP contribution in [0.4, 0.5) is 11.5 Å². The van der Waals surface area contributed by atoms with E-state index in [1.807, 2.05) is 11.8 Å². The molecule has 1 fully saturated rings. The molecule has 1 aromatic rings. The van der Waals surface area contributed by atoms with Gasteiger partial charge in [0.25, 0.3) is 0 Å². The molecule has 1 aliphatic heterocycles. The third kappa shape index (κ3) is 2.57. The quantitative estimate of drug-likeness (QED) is 0.656. The predicted octanol–water partition coefficient (Wildman–Crippen LogP) is 1.81. The first-order chi connectivity index (χ1) is 9.88. The van der Waals surface area contributed by atoms with Crippen molar-refractivity contribution >= 4 is 17.5 Å². The summed E-state index contributed by atoms with van der Waals surface area (Å²) in [7, 11) is 0. The Labute approximate surface area is 122 Å². The molecule has 0 saturated carbocycles. The zero-order valence-electron chi connectivity index (χ0n) is 12.4. The van der Waals surface area contributed by atoms with Gasteiger partial charge in [-0.3, -0.25) is 14.9 Å². The molecule has 0 aliphatic carbocycles. The number of hydrogen-bond acceptors (Lipinski definition) is 5. The number of rotatable bonds is 5. The highest BCUT2D eigenvalue weighted by atomic mass is 16.6. The van der Waals surface area contributed by atoms with Gasteiger partial charge in [0.1, 0.15) is 5.69 Å². The number of carboxylic acid groups (broad SMARTS) is 1. The number of hydrogen-bond donors (Lipinski definition) is 1. The van der Waals surface area contributed by atoms with Crippen molar-refractivity contribution < 1.29 is 14.8 Å². The normalized spacial score (nSPS) is 21.8. The van der Waals surface area contributed by atoms with Gasteiger partial charge in [-0.05, 0) is 26.7 Å². The smallest absolute Gasteiger partial charge is 0.333 e. The molecule has 8 nitrogen and oxygen atoms in total. The minimum absolute atomic E-state index is 0.0126. The third-order valence-electron chi connectivity index (χ3n) is 4.03. The summed E-state index contributed by atoms with van der Waals surface area (Å²) in [4.78, 5) is 24.0. The molecule has 8 heteroatoms. The van der Waals surface area contributed by atoms with Crippen LogP contribution in [0.2, 0.25) is 0 Å². The van der Waals surface area contributed by atoms with Gasteiger partial charge >= 0.3 is 11.7 Å². The monoisotopic (exact) mass is 296 g/mol. The molecule has 116 valence electrons. The number of nitro groups is 1. The Bertz CT molecular complexity index is 569. The first-order valence-corrected chi connectivity index (χ1v) is 7.09. The van der Waals surface area contributed by atoms with E-state index in [0.717, 1.165) is 6.42 Å². The van der Waals surface area contributed by atoms with Gasteiger partial charge in [0.05, 0.1) is 10.8 Å². The molecule has 1 aromatic heterocycles. The van der Waals surface area contributed by atoms with Crippen LogP contribution in [-0.4, -0.2) is 38.4 Å². The van der Waals surface area contributed by atoms with Gasteiger partial charge in [0.2, 0.25) is 5.82 Å². The van der Waals surface area contributed by atoms with E-state index in [0.29, 0.717) is 31.0 Å². The highest BCUT2D eigenvalue weighted by Crippen LogP contribution is 2.37. The Hall–Kier alpha value is -2.12. The molecule has 2 unspecified atom stereocenters. The van der Waals surface area contributed by atoms with Crippen molar-refractivity contribution in [2.24, 2.45) is 5.92 Å². The van der Waals surface area contributed by atoms with Crippen LogP contribution in [0.25, 0.3) is 0 Å². The highest BCUT2D eigenvalue weighted by molar-refractivity contribution is 5.74. The lowest BCUT2D eigenvalue weighted by Crippen LogP contribution is -2.34. The standard InChI is InChI=1S/C13H20N4O4/c1-4-6-16-12(11(17(20)21)8(2)14-16)15-7-5-10(9(15)3)13(18)19/h9-10H,4-7H2,1-3H3,(H,18,19). The van der Waals surface area contributed by atoms with Crippen molar-refractivity contribution in [3.05, 3.63) is 15.8 Å². The molecular formula is C13H20N4O4. The molecule has 2 heterocycles. The van der Waals surface area contributed by atoms with Crippen molar-refractivity contribution in [3.63, 3.8) is 0 Å². The van der Waals surface area contributed by atoms with Crippen LogP contribution in [0.5, 0.6) is 0 Å². The SMILES string of the molecule is CCCn1nc(C)c([N+](=O)[O-])c1N1CCC(C(=O)O)C1C. The fourth-order valence-electron chi connectivity index (χ4n) is 2.99. The highest BCUT2D eigenvalue weighted by Gasteiger charge is 2.41. The zero-order chi connectivity index (χ0) is 15.7. The molecule has 1 saturated heterocycles. The number of anilines is 1. The van der Waals surface area contributed by atoms with Gasteiger partial charge in [0.15, 0.2) is 0 Å². The van der Waals surface area contributed by atoms with E-state index in [4.69, 9.17) is 0 Å². The van der Waals surface area contributed by atoms with Gasteiger partial charge in [-0.15, -0.1) is 0 Å². The topological polar surface area (TPSA) is 101 Å². The summed E-state index contributed by atoms with van der Waals surface area (Å²) in [6, 6.07) is -0.284. The lowest BCUT2D eigenvalue weighted by Gasteiger charge is -2.25. The van der Waals surface area contributed by atoms with Crippen molar-refractivity contribution in [3.8, 4) is 0 Å². The number of aromatic nitrogens is 2. The predicted molar refractivity (Wildman–Crippen MR) is 76.5 cm³/mol. The summed E-state index contributed by atoms with van der Waals surface area (Å²) in [5.74, 6) is -0.920. The van der Waals surface area contributed by atoms with Crippen LogP contribution in [0, 0.1) is 23.0 Å². The summed E-state index contributed by atoms with van der Waals surface area (Å²) in [6.45, 7) is 6.45. The summed E-state index contributed by atoms with van der Waals surface area (Å²) in [6.07, 6.45) is 1.29. The Morgan fingerprint density at radius 1 is 1.57 bits per heavy atom. The Balaban J connectivity index is 2.47. The number of nitrogens with zero attached hydrogens (tertiary/aromatic N) is 4. The number of aryl methyl sites for hydroxylation is 2. The maximum absolute atomic E-state index is 11.3. The molecule has 2 atom stereocenters. The Morgan fingerprint density at radius 3 is 2.71 bits per heavy atom. The molecule has 2 rings (SSSR count). The summed E-state index contributed by atoms with van der Waals surface area (Å²) in [5.41, 5.74) is 0.357. The average Bonchev–Trinajstić information content (AvgIpc) is 2.90. The van der Waals surface area contributed by atoms with E-state index in [9.17, 15) is 20.0 Å². The molecule has 1 aliphatic rings. The number of aliphatic carboxylic acids is 1. The van der Waals surface area contributed by atoms with E-state index in [1.54, 1.807) is 18.5 Å². The van der Waals surface area contributed by atoms with Crippen LogP contribution in [0.3, 0.4) is 0 Å². The summed E-state index contributed by atoms with van der Waals surface area (Å²) >= 11 is 0. The van der Waals surface area contributed by atoms with Crippen LogP contribution in [0.15, 0.2) is 0 Å². The maximum atomic E-state index is 11.3. The second-order valence-electron chi connectivity index (χ2n) is 5.41. The molecular weight excluding hydrogens is 276 g/mol. The van der Waals surface area contributed by atoms with Crippen LogP contribution in [0.1, 0.15) is 32.4 Å². The minimum atomic E-state index is -0.856. The minimum Gasteiger partial charge on any atom is -0.481 e. The van der Waals surface area contributed by atoms with Gasteiger partial charge < -0.3 is 10.0 Å². The van der Waals surface area contributed by atoms with Crippen LogP contribution < -0.4 is 4.90 Å². The number of carboxylic acids is 1. The van der Waals surface area contributed by atoms with Crippen molar-refractivity contribution in [2.75, 3.05) is 11.4 Å². The maximum Gasteiger partial charge on any atom is 0.333 e. The van der Waals surface area contributed by atoms with Crippen molar-refractivity contribution in [2.45, 2.75) is 46.2 Å². The number of carbonyl (C=O) groups is 1. The lowest BCUT2D eigenvalue weighted by molar-refractivity contribution is -0.384. The lowest BCUT2D eigenvalue weighted by atomic mass is 10.0. The van der Waals surface area contributed by atoms with E-state index >= 15 is 0 Å². The van der Waals surface area contributed by atoms with Gasteiger partial charge in [0, 0.05) is 19.1 Å². The first kappa shape index (κ1) is 15.3. The Morgan fingerprint density at radius 2 is 2.24 bits per heavy atom. The van der Waals surface area contributed by atoms with E-state index in [2.05, 4.69) is 5.10 Å². The average molecular weight is 296 g/mol. The van der Waals surface area contributed by atoms with E-state index in [-0.39, 0.29) is 11.7 Å². The molecule has 0 spiro atoms. The fraction of sp³-hybridized carbons (Fsp3) is 0.692. The molecule has 1 N–H and O–H groups in total. The summed E-state index contributed by atoms with van der Waals surface area (Å²) in [5, 5.41) is 24.8. The molecule has 0 bridgehead atoms.